The second-order valence-corrected chi connectivity index (χ2v) is 7.07. The summed E-state index contributed by atoms with van der Waals surface area (Å²) in [5.74, 6) is 1.82. The number of amides is 1. The van der Waals surface area contributed by atoms with Crippen molar-refractivity contribution in [2.75, 3.05) is 13.2 Å². The first-order valence-electron chi connectivity index (χ1n) is 8.20. The highest BCUT2D eigenvalue weighted by atomic mass is 16.5. The molecule has 1 aliphatic heterocycles. The molecule has 0 radical (unpaired) electrons. The van der Waals surface area contributed by atoms with Crippen molar-refractivity contribution in [2.24, 2.45) is 11.3 Å². The summed E-state index contributed by atoms with van der Waals surface area (Å²) >= 11 is 0. The molecule has 2 heterocycles. The zero-order chi connectivity index (χ0) is 15.7. The lowest BCUT2D eigenvalue weighted by Crippen LogP contribution is -2.38. The molecular weight excluding hydrogens is 282 g/mol. The smallest absolute Gasteiger partial charge is 0.252 e. The summed E-state index contributed by atoms with van der Waals surface area (Å²) in [6, 6.07) is 0.404. The highest BCUT2D eigenvalue weighted by Crippen LogP contribution is 2.48. The molecule has 122 valence electrons. The summed E-state index contributed by atoms with van der Waals surface area (Å²) in [6.07, 6.45) is 4.33. The fraction of sp³-hybridized carbons (Fsp3) is 0.812. The second-order valence-electron chi connectivity index (χ2n) is 7.07. The van der Waals surface area contributed by atoms with Crippen LogP contribution in [-0.2, 0) is 22.6 Å². The van der Waals surface area contributed by atoms with E-state index in [0.29, 0.717) is 23.7 Å². The van der Waals surface area contributed by atoms with E-state index in [2.05, 4.69) is 24.0 Å². The highest BCUT2D eigenvalue weighted by molar-refractivity contribution is 5.78. The van der Waals surface area contributed by atoms with Gasteiger partial charge in [-0.05, 0) is 24.2 Å². The number of nitrogens with zero attached hydrogens (tertiary/aromatic N) is 3. The molecule has 1 saturated heterocycles. The predicted molar refractivity (Wildman–Crippen MR) is 80.0 cm³/mol. The first kappa shape index (κ1) is 15.5. The van der Waals surface area contributed by atoms with Crippen LogP contribution in [0.15, 0.2) is 4.52 Å². The Morgan fingerprint density at radius 1 is 1.45 bits per heavy atom. The molecule has 0 aromatic carbocycles. The second kappa shape index (κ2) is 5.99. The third-order valence-corrected chi connectivity index (χ3v) is 5.06. The normalized spacial score (nSPS) is 26.4. The number of hydrogen-bond acceptors (Lipinski definition) is 5. The van der Waals surface area contributed by atoms with E-state index in [-0.39, 0.29) is 24.5 Å². The standard InChI is InChI=1S/C16H25N3O3/c1-4-13-17-14(22-18-13)8-21-9-15(20)19-10-16(2,3)11-6-5-7-12(11)19/h11-12H,4-10H2,1-3H3/t11-,12+/m1/s1. The van der Waals surface area contributed by atoms with Crippen LogP contribution in [0.5, 0.6) is 0 Å². The molecule has 2 aliphatic rings. The molecule has 0 N–H and O–H groups in total. The number of ether oxygens (including phenoxy) is 1. The van der Waals surface area contributed by atoms with Crippen LogP contribution in [0.25, 0.3) is 0 Å². The van der Waals surface area contributed by atoms with Crippen molar-refractivity contribution in [3.8, 4) is 0 Å². The Morgan fingerprint density at radius 2 is 2.27 bits per heavy atom. The molecule has 1 aliphatic carbocycles. The predicted octanol–water partition coefficient (Wildman–Crippen LogP) is 2.19. The Balaban J connectivity index is 1.52. The van der Waals surface area contributed by atoms with Gasteiger partial charge in [-0.2, -0.15) is 4.98 Å². The molecule has 0 bridgehead atoms. The van der Waals surface area contributed by atoms with Gasteiger partial charge in [0.2, 0.25) is 5.91 Å². The fourth-order valence-corrected chi connectivity index (χ4v) is 3.97. The van der Waals surface area contributed by atoms with E-state index in [4.69, 9.17) is 9.26 Å². The Bertz CT molecular complexity index is 540. The van der Waals surface area contributed by atoms with E-state index < -0.39 is 0 Å². The summed E-state index contributed by atoms with van der Waals surface area (Å²) in [6.45, 7) is 7.63. The van der Waals surface area contributed by atoms with Crippen LogP contribution in [0.1, 0.15) is 51.7 Å². The van der Waals surface area contributed by atoms with Crippen molar-refractivity contribution in [1.82, 2.24) is 15.0 Å². The number of likely N-dealkylation sites (tertiary alicyclic amines) is 1. The monoisotopic (exact) mass is 307 g/mol. The van der Waals surface area contributed by atoms with Crippen molar-refractivity contribution >= 4 is 5.91 Å². The van der Waals surface area contributed by atoms with Crippen LogP contribution in [-0.4, -0.2) is 40.1 Å². The van der Waals surface area contributed by atoms with Crippen LogP contribution >= 0.6 is 0 Å². The van der Waals surface area contributed by atoms with Crippen LogP contribution in [0.2, 0.25) is 0 Å². The van der Waals surface area contributed by atoms with Gasteiger partial charge in [-0.15, -0.1) is 0 Å². The number of fused-ring (bicyclic) bond motifs is 1. The largest absolute Gasteiger partial charge is 0.362 e. The average molecular weight is 307 g/mol. The topological polar surface area (TPSA) is 68.5 Å². The van der Waals surface area contributed by atoms with Crippen molar-refractivity contribution in [1.29, 1.82) is 0 Å². The van der Waals surface area contributed by atoms with Gasteiger partial charge in [-0.25, -0.2) is 0 Å². The Labute approximate surface area is 131 Å². The van der Waals surface area contributed by atoms with Gasteiger partial charge < -0.3 is 14.2 Å². The summed E-state index contributed by atoms with van der Waals surface area (Å²) < 4.78 is 10.5. The molecule has 2 fully saturated rings. The molecule has 1 aromatic rings. The van der Waals surface area contributed by atoms with E-state index in [1.165, 1.54) is 12.8 Å². The van der Waals surface area contributed by atoms with Crippen LogP contribution in [0.3, 0.4) is 0 Å². The fourth-order valence-electron chi connectivity index (χ4n) is 3.97. The molecule has 6 nitrogen and oxygen atoms in total. The van der Waals surface area contributed by atoms with Gasteiger partial charge in [0.15, 0.2) is 5.82 Å². The SMILES string of the molecule is CCc1noc(COCC(=O)N2CC(C)(C)[C@@H]3CCC[C@@H]32)n1. The molecule has 1 aromatic heterocycles. The van der Waals surface area contributed by atoms with E-state index in [1.54, 1.807) is 0 Å². The molecule has 0 spiro atoms. The van der Waals surface area contributed by atoms with Gasteiger partial charge in [0.05, 0.1) is 0 Å². The third kappa shape index (κ3) is 2.89. The van der Waals surface area contributed by atoms with E-state index in [9.17, 15) is 4.79 Å². The maximum Gasteiger partial charge on any atom is 0.252 e. The first-order valence-corrected chi connectivity index (χ1v) is 8.20. The van der Waals surface area contributed by atoms with Crippen LogP contribution in [0.4, 0.5) is 0 Å². The van der Waals surface area contributed by atoms with Crippen molar-refractivity contribution < 1.29 is 14.1 Å². The highest BCUT2D eigenvalue weighted by Gasteiger charge is 2.50. The quantitative estimate of drug-likeness (QED) is 0.834. The summed E-state index contributed by atoms with van der Waals surface area (Å²) in [5, 5.41) is 3.81. The van der Waals surface area contributed by atoms with Gasteiger partial charge in [0.25, 0.3) is 5.89 Å². The average Bonchev–Trinajstić information content (AvgIpc) is 3.17. The molecular formula is C16H25N3O3. The van der Waals surface area contributed by atoms with E-state index in [1.807, 2.05) is 11.8 Å². The lowest BCUT2D eigenvalue weighted by atomic mass is 9.80. The van der Waals surface area contributed by atoms with Gasteiger partial charge in [-0.3, -0.25) is 4.79 Å². The molecule has 1 saturated carbocycles. The van der Waals surface area contributed by atoms with Crippen molar-refractivity contribution in [3.63, 3.8) is 0 Å². The lowest BCUT2D eigenvalue weighted by molar-refractivity contribution is -0.138. The molecule has 2 atom stereocenters. The summed E-state index contributed by atoms with van der Waals surface area (Å²) in [5.41, 5.74) is 0.222. The number of aromatic nitrogens is 2. The minimum Gasteiger partial charge on any atom is -0.362 e. The molecule has 6 heteroatoms. The van der Waals surface area contributed by atoms with Crippen LogP contribution in [0, 0.1) is 11.3 Å². The number of carbonyl (C=O) groups excluding carboxylic acids is 1. The zero-order valence-corrected chi connectivity index (χ0v) is 13.7. The zero-order valence-electron chi connectivity index (χ0n) is 13.7. The van der Waals surface area contributed by atoms with Crippen LogP contribution < -0.4 is 0 Å². The van der Waals surface area contributed by atoms with Gasteiger partial charge >= 0.3 is 0 Å². The number of rotatable bonds is 5. The Kier molecular flexibility index (Phi) is 4.21. The number of aryl methyl sites for hydroxylation is 1. The Hall–Kier alpha value is -1.43. The third-order valence-electron chi connectivity index (χ3n) is 5.06. The van der Waals surface area contributed by atoms with Crippen molar-refractivity contribution in [2.45, 2.75) is 59.1 Å². The minimum absolute atomic E-state index is 0.0812. The first-order chi connectivity index (χ1) is 10.5. The maximum atomic E-state index is 12.5. The van der Waals surface area contributed by atoms with E-state index >= 15 is 0 Å². The Morgan fingerprint density at radius 3 is 3.00 bits per heavy atom. The number of hydrogen-bond donors (Lipinski definition) is 0. The van der Waals surface area contributed by atoms with Gasteiger partial charge in [-0.1, -0.05) is 32.3 Å². The minimum atomic E-state index is 0.0812. The molecule has 3 rings (SSSR count). The molecule has 22 heavy (non-hydrogen) atoms. The molecule has 1 amide bonds. The number of carbonyl (C=O) groups is 1. The lowest BCUT2D eigenvalue weighted by Gasteiger charge is -2.23. The molecule has 0 unspecified atom stereocenters. The summed E-state index contributed by atoms with van der Waals surface area (Å²) in [7, 11) is 0. The van der Waals surface area contributed by atoms with E-state index in [0.717, 1.165) is 19.4 Å². The maximum absolute atomic E-state index is 12.5. The van der Waals surface area contributed by atoms with Gasteiger partial charge in [0.1, 0.15) is 13.2 Å². The van der Waals surface area contributed by atoms with Crippen molar-refractivity contribution in [3.05, 3.63) is 11.7 Å². The van der Waals surface area contributed by atoms with Gasteiger partial charge in [0, 0.05) is 19.0 Å². The summed E-state index contributed by atoms with van der Waals surface area (Å²) in [4.78, 5) is 18.7.